The third-order valence-electron chi connectivity index (χ3n) is 9.23. The first-order chi connectivity index (χ1) is 24.3. The summed E-state index contributed by atoms with van der Waals surface area (Å²) >= 11 is 0. The number of aromatic nitrogens is 2. The molecule has 0 fully saturated rings. The zero-order valence-corrected chi connectivity index (χ0v) is 26.6. The van der Waals surface area contributed by atoms with Crippen LogP contribution in [0.15, 0.2) is 186 Å². The van der Waals surface area contributed by atoms with Crippen LogP contribution in [0.3, 0.4) is 0 Å². The molecule has 0 radical (unpaired) electrons. The highest BCUT2D eigenvalue weighted by atomic mass is 16.4. The standard InChI is InChI=1S/C46H30N2O/c1-4-14-31(15-5-1)36-28-37(32-16-6-2-7-17-32)30-38(29-36)44-41-22-12-10-20-39(41)43(40-21-11-13-23-42(40)44)33-24-26-35(27-25-33)46-48-47-45(49-46)34-18-8-3-9-19-34/h1-30H. The smallest absolute Gasteiger partial charge is 0.248 e. The van der Waals surface area contributed by atoms with Crippen LogP contribution in [-0.2, 0) is 0 Å². The van der Waals surface area contributed by atoms with E-state index in [1.807, 2.05) is 30.3 Å². The Morgan fingerprint density at radius 3 is 1.04 bits per heavy atom. The monoisotopic (exact) mass is 626 g/mol. The van der Waals surface area contributed by atoms with Crippen LogP contribution in [0.2, 0.25) is 0 Å². The lowest BCUT2D eigenvalue weighted by Gasteiger charge is -2.19. The molecule has 0 aliphatic rings. The number of rotatable bonds is 6. The van der Waals surface area contributed by atoms with Gasteiger partial charge in [-0.15, -0.1) is 10.2 Å². The lowest BCUT2D eigenvalue weighted by molar-refractivity contribution is 0.584. The fraction of sp³-hybridized carbons (Fsp3) is 0. The maximum absolute atomic E-state index is 6.07. The molecule has 3 heteroatoms. The predicted octanol–water partition coefficient (Wildman–Crippen LogP) is 12.4. The average Bonchev–Trinajstić information content (AvgIpc) is 3.69. The summed E-state index contributed by atoms with van der Waals surface area (Å²) in [6.45, 7) is 0. The minimum atomic E-state index is 0.503. The summed E-state index contributed by atoms with van der Waals surface area (Å²) in [5, 5.41) is 13.5. The van der Waals surface area contributed by atoms with Crippen LogP contribution in [0.5, 0.6) is 0 Å². The van der Waals surface area contributed by atoms with E-state index in [0.717, 1.165) is 16.7 Å². The Balaban J connectivity index is 1.22. The minimum absolute atomic E-state index is 0.503. The van der Waals surface area contributed by atoms with Gasteiger partial charge < -0.3 is 4.42 Å². The van der Waals surface area contributed by atoms with Gasteiger partial charge in [0.15, 0.2) is 0 Å². The third kappa shape index (κ3) is 5.28. The molecule has 0 saturated heterocycles. The van der Waals surface area contributed by atoms with Crippen LogP contribution in [0.25, 0.3) is 89.0 Å². The number of fused-ring (bicyclic) bond motifs is 2. The molecule has 8 aromatic carbocycles. The van der Waals surface area contributed by atoms with Gasteiger partial charge in [-0.3, -0.25) is 0 Å². The molecule has 0 spiro atoms. The van der Waals surface area contributed by atoms with Gasteiger partial charge in [0.2, 0.25) is 11.8 Å². The fourth-order valence-corrected chi connectivity index (χ4v) is 6.93. The molecule has 9 rings (SSSR count). The van der Waals surface area contributed by atoms with Gasteiger partial charge in [-0.2, -0.15) is 0 Å². The Morgan fingerprint density at radius 2 is 0.592 bits per heavy atom. The van der Waals surface area contributed by atoms with Crippen LogP contribution >= 0.6 is 0 Å². The quantitative estimate of drug-likeness (QED) is 0.172. The van der Waals surface area contributed by atoms with E-state index in [1.54, 1.807) is 0 Å². The van der Waals surface area contributed by atoms with E-state index in [4.69, 9.17) is 4.42 Å². The van der Waals surface area contributed by atoms with Crippen molar-refractivity contribution in [2.45, 2.75) is 0 Å². The Labute approximate surface area is 284 Å². The first-order valence-corrected chi connectivity index (χ1v) is 16.5. The van der Waals surface area contributed by atoms with Gasteiger partial charge in [-0.25, -0.2) is 0 Å². The Hall–Kier alpha value is -6.58. The second-order valence-electron chi connectivity index (χ2n) is 12.2. The maximum atomic E-state index is 6.07. The van der Waals surface area contributed by atoms with Crippen LogP contribution in [0.4, 0.5) is 0 Å². The zero-order valence-electron chi connectivity index (χ0n) is 26.6. The largest absolute Gasteiger partial charge is 0.416 e. The molecule has 0 bridgehead atoms. The van der Waals surface area contributed by atoms with Crippen LogP contribution in [0, 0.1) is 0 Å². The van der Waals surface area contributed by atoms with Crippen molar-refractivity contribution in [2.75, 3.05) is 0 Å². The average molecular weight is 627 g/mol. The highest BCUT2D eigenvalue weighted by Crippen LogP contribution is 2.45. The van der Waals surface area contributed by atoms with Crippen LogP contribution in [-0.4, -0.2) is 10.2 Å². The van der Waals surface area contributed by atoms with Gasteiger partial charge >= 0.3 is 0 Å². The van der Waals surface area contributed by atoms with Crippen molar-refractivity contribution >= 4 is 21.5 Å². The van der Waals surface area contributed by atoms with Crippen molar-refractivity contribution in [3.8, 4) is 67.4 Å². The van der Waals surface area contributed by atoms with Gasteiger partial charge in [0.05, 0.1) is 0 Å². The lowest BCUT2D eigenvalue weighted by Crippen LogP contribution is -1.92. The third-order valence-corrected chi connectivity index (χ3v) is 9.23. The highest BCUT2D eigenvalue weighted by molar-refractivity contribution is 6.21. The summed E-state index contributed by atoms with van der Waals surface area (Å²) in [6, 6.07) is 64.2. The molecule has 0 N–H and O–H groups in total. The first kappa shape index (κ1) is 28.6. The lowest BCUT2D eigenvalue weighted by atomic mass is 9.84. The molecule has 3 nitrogen and oxygen atoms in total. The molecule has 230 valence electrons. The van der Waals surface area contributed by atoms with E-state index in [2.05, 4.69) is 162 Å². The zero-order chi connectivity index (χ0) is 32.6. The van der Waals surface area contributed by atoms with Gasteiger partial charge in [-0.05, 0) is 109 Å². The Morgan fingerprint density at radius 1 is 0.265 bits per heavy atom. The molecule has 0 saturated carbocycles. The van der Waals surface area contributed by atoms with Gasteiger partial charge in [0.1, 0.15) is 0 Å². The van der Waals surface area contributed by atoms with Gasteiger partial charge in [0, 0.05) is 11.1 Å². The second kappa shape index (κ2) is 12.2. The molecular weight excluding hydrogens is 597 g/mol. The van der Waals surface area contributed by atoms with Crippen molar-refractivity contribution in [3.63, 3.8) is 0 Å². The fourth-order valence-electron chi connectivity index (χ4n) is 6.93. The van der Waals surface area contributed by atoms with E-state index in [1.165, 1.54) is 60.5 Å². The topological polar surface area (TPSA) is 38.9 Å². The summed E-state index contributed by atoms with van der Waals surface area (Å²) in [5.41, 5.74) is 11.3. The number of nitrogens with zero attached hydrogens (tertiary/aromatic N) is 2. The molecule has 0 aliphatic heterocycles. The van der Waals surface area contributed by atoms with Crippen molar-refractivity contribution in [3.05, 3.63) is 182 Å². The van der Waals surface area contributed by atoms with Gasteiger partial charge in [-0.1, -0.05) is 140 Å². The van der Waals surface area contributed by atoms with E-state index in [-0.39, 0.29) is 0 Å². The summed E-state index contributed by atoms with van der Waals surface area (Å²) < 4.78 is 6.07. The highest BCUT2D eigenvalue weighted by Gasteiger charge is 2.18. The van der Waals surface area contributed by atoms with Crippen LogP contribution in [0.1, 0.15) is 0 Å². The summed E-state index contributed by atoms with van der Waals surface area (Å²) in [7, 11) is 0. The summed E-state index contributed by atoms with van der Waals surface area (Å²) in [5.74, 6) is 1.02. The summed E-state index contributed by atoms with van der Waals surface area (Å²) in [6.07, 6.45) is 0. The second-order valence-corrected chi connectivity index (χ2v) is 12.2. The molecule has 9 aromatic rings. The minimum Gasteiger partial charge on any atom is -0.416 e. The Kier molecular flexibility index (Phi) is 7.14. The molecular formula is C46H30N2O. The van der Waals surface area contributed by atoms with E-state index in [0.29, 0.717) is 11.8 Å². The molecule has 0 unspecified atom stereocenters. The number of hydrogen-bond acceptors (Lipinski definition) is 3. The maximum Gasteiger partial charge on any atom is 0.248 e. The molecule has 0 atom stereocenters. The number of benzene rings is 8. The normalized spacial score (nSPS) is 11.3. The molecule has 1 aromatic heterocycles. The van der Waals surface area contributed by atoms with Crippen molar-refractivity contribution in [1.82, 2.24) is 10.2 Å². The first-order valence-electron chi connectivity index (χ1n) is 16.5. The molecule has 0 aliphatic carbocycles. The predicted molar refractivity (Wildman–Crippen MR) is 202 cm³/mol. The van der Waals surface area contributed by atoms with Crippen molar-refractivity contribution < 1.29 is 4.42 Å². The van der Waals surface area contributed by atoms with Crippen LogP contribution < -0.4 is 0 Å². The van der Waals surface area contributed by atoms with E-state index in [9.17, 15) is 0 Å². The van der Waals surface area contributed by atoms with E-state index < -0.39 is 0 Å². The molecule has 49 heavy (non-hydrogen) atoms. The number of hydrogen-bond donors (Lipinski definition) is 0. The molecule has 1 heterocycles. The van der Waals surface area contributed by atoms with E-state index >= 15 is 0 Å². The Bertz CT molecular complexity index is 2460. The SMILES string of the molecule is c1ccc(-c2cc(-c3ccccc3)cc(-c3c4ccccc4c(-c4ccc(-c5nnc(-c6ccccc6)o5)cc4)c4ccccc34)c2)cc1. The van der Waals surface area contributed by atoms with Crippen molar-refractivity contribution in [1.29, 1.82) is 0 Å². The molecule has 0 amide bonds. The summed E-state index contributed by atoms with van der Waals surface area (Å²) in [4.78, 5) is 0. The van der Waals surface area contributed by atoms with Crippen molar-refractivity contribution in [2.24, 2.45) is 0 Å². The van der Waals surface area contributed by atoms with Gasteiger partial charge in [0.25, 0.3) is 0 Å².